The van der Waals surface area contributed by atoms with Crippen molar-refractivity contribution >= 4 is 34.5 Å². The fourth-order valence-electron chi connectivity index (χ4n) is 2.38. The maximum Gasteiger partial charge on any atom is 0.422 e. The van der Waals surface area contributed by atoms with Gasteiger partial charge in [-0.05, 0) is 47.8 Å². The number of amides is 2. The Morgan fingerprint density at radius 2 is 1.66 bits per heavy atom. The molecule has 2 N–H and O–H groups in total. The lowest BCUT2D eigenvalue weighted by atomic mass is 10.1. The molecular formula is C20H15F3N2O3S. The second-order valence-electron chi connectivity index (χ2n) is 5.89. The molecule has 3 aromatic rings. The van der Waals surface area contributed by atoms with Crippen LogP contribution in [0.15, 0.2) is 65.4 Å². The van der Waals surface area contributed by atoms with Gasteiger partial charge in [0.1, 0.15) is 5.75 Å². The largest absolute Gasteiger partial charge is 0.484 e. The first-order chi connectivity index (χ1) is 13.8. The van der Waals surface area contributed by atoms with Gasteiger partial charge in [0, 0.05) is 11.1 Å². The number of halogens is 3. The Balaban J connectivity index is 1.67. The van der Waals surface area contributed by atoms with Crippen LogP contribution in [0.5, 0.6) is 5.75 Å². The minimum atomic E-state index is -4.43. The number of rotatable bonds is 6. The summed E-state index contributed by atoms with van der Waals surface area (Å²) >= 11 is 1.38. The number of carbonyl (C=O) groups is 2. The Bertz CT molecular complexity index is 987. The number of thiophene rings is 1. The van der Waals surface area contributed by atoms with E-state index in [1.807, 2.05) is 0 Å². The number of para-hydroxylation sites is 1. The summed E-state index contributed by atoms with van der Waals surface area (Å²) in [5, 5.41) is 8.81. The number of nitrogens with one attached hydrogen (secondary N) is 2. The smallest absolute Gasteiger partial charge is 0.422 e. The minimum absolute atomic E-state index is 0.0313. The molecular weight excluding hydrogens is 405 g/mol. The van der Waals surface area contributed by atoms with Gasteiger partial charge in [0.25, 0.3) is 11.8 Å². The van der Waals surface area contributed by atoms with Gasteiger partial charge in [-0.1, -0.05) is 12.1 Å². The first-order valence-corrected chi connectivity index (χ1v) is 9.30. The Morgan fingerprint density at radius 3 is 2.31 bits per heavy atom. The van der Waals surface area contributed by atoms with Crippen LogP contribution in [0.25, 0.3) is 0 Å². The van der Waals surface area contributed by atoms with Crippen molar-refractivity contribution in [2.75, 3.05) is 17.2 Å². The lowest BCUT2D eigenvalue weighted by Crippen LogP contribution is -2.19. The van der Waals surface area contributed by atoms with E-state index in [2.05, 4.69) is 15.4 Å². The third-order valence-corrected chi connectivity index (χ3v) is 4.40. The molecule has 0 spiro atoms. The summed E-state index contributed by atoms with van der Waals surface area (Å²) in [6, 6.07) is 13.7. The quantitative estimate of drug-likeness (QED) is 0.577. The summed E-state index contributed by atoms with van der Waals surface area (Å²) in [5.41, 5.74) is 1.44. The number of ether oxygens (including phenoxy) is 1. The fourth-order valence-corrected chi connectivity index (χ4v) is 3.01. The van der Waals surface area contributed by atoms with Gasteiger partial charge in [0.2, 0.25) is 0 Å². The molecule has 0 aliphatic heterocycles. The standard InChI is InChI=1S/C20H15F3N2O3S/c21-20(22,23)12-28-15-7-5-14(6-8-15)24-19(27)16-3-1-2-4-17(16)25-18(26)13-9-10-29-11-13/h1-11H,12H2,(H,24,27)(H,25,26). The summed E-state index contributed by atoms with van der Waals surface area (Å²) < 4.78 is 41.2. The molecule has 0 radical (unpaired) electrons. The van der Waals surface area contributed by atoms with Gasteiger partial charge in [0.05, 0.1) is 16.8 Å². The highest BCUT2D eigenvalue weighted by atomic mass is 32.1. The van der Waals surface area contributed by atoms with Crippen LogP contribution in [0.4, 0.5) is 24.5 Å². The average molecular weight is 420 g/mol. The monoisotopic (exact) mass is 420 g/mol. The molecule has 0 saturated carbocycles. The number of carbonyl (C=O) groups excluding carboxylic acids is 2. The Hall–Kier alpha value is -3.33. The summed E-state index contributed by atoms with van der Waals surface area (Å²) in [6.45, 7) is -1.39. The molecule has 0 bridgehead atoms. The van der Waals surface area contributed by atoms with E-state index in [0.717, 1.165) is 0 Å². The molecule has 0 saturated heterocycles. The van der Waals surface area contributed by atoms with Crippen molar-refractivity contribution in [3.05, 3.63) is 76.5 Å². The zero-order chi connectivity index (χ0) is 20.9. The molecule has 0 atom stereocenters. The second-order valence-corrected chi connectivity index (χ2v) is 6.67. The van der Waals surface area contributed by atoms with Gasteiger partial charge < -0.3 is 15.4 Å². The molecule has 9 heteroatoms. The first-order valence-electron chi connectivity index (χ1n) is 8.35. The van der Waals surface area contributed by atoms with E-state index in [1.54, 1.807) is 41.1 Å². The van der Waals surface area contributed by atoms with Crippen LogP contribution < -0.4 is 15.4 Å². The molecule has 1 aromatic heterocycles. The molecule has 0 unspecified atom stereocenters. The van der Waals surface area contributed by atoms with Crippen LogP contribution in [0, 0.1) is 0 Å². The lowest BCUT2D eigenvalue weighted by molar-refractivity contribution is -0.153. The van der Waals surface area contributed by atoms with E-state index in [1.165, 1.54) is 35.6 Å². The van der Waals surface area contributed by atoms with Crippen LogP contribution >= 0.6 is 11.3 Å². The maximum atomic E-state index is 12.6. The molecule has 3 rings (SSSR count). The molecule has 5 nitrogen and oxygen atoms in total. The van der Waals surface area contributed by atoms with Gasteiger partial charge >= 0.3 is 6.18 Å². The van der Waals surface area contributed by atoms with Crippen LogP contribution in [-0.2, 0) is 0 Å². The topological polar surface area (TPSA) is 67.4 Å². The molecule has 2 amide bonds. The van der Waals surface area contributed by atoms with Crippen LogP contribution in [0.3, 0.4) is 0 Å². The first kappa shape index (κ1) is 20.4. The summed E-state index contributed by atoms with van der Waals surface area (Å²) in [4.78, 5) is 24.9. The molecule has 29 heavy (non-hydrogen) atoms. The number of alkyl halides is 3. The summed E-state index contributed by atoms with van der Waals surface area (Å²) in [6.07, 6.45) is -4.43. The van der Waals surface area contributed by atoms with E-state index in [9.17, 15) is 22.8 Å². The van der Waals surface area contributed by atoms with Gasteiger partial charge in [-0.3, -0.25) is 9.59 Å². The zero-order valence-corrected chi connectivity index (χ0v) is 15.6. The number of benzene rings is 2. The van der Waals surface area contributed by atoms with Gasteiger partial charge in [-0.2, -0.15) is 24.5 Å². The van der Waals surface area contributed by atoms with Crippen molar-refractivity contribution in [2.45, 2.75) is 6.18 Å². The van der Waals surface area contributed by atoms with Crippen LogP contribution in [-0.4, -0.2) is 24.6 Å². The van der Waals surface area contributed by atoms with Gasteiger partial charge in [-0.15, -0.1) is 0 Å². The maximum absolute atomic E-state index is 12.6. The highest BCUT2D eigenvalue weighted by Crippen LogP contribution is 2.22. The zero-order valence-electron chi connectivity index (χ0n) is 14.8. The van der Waals surface area contributed by atoms with Crippen LogP contribution in [0.2, 0.25) is 0 Å². The molecule has 0 aliphatic carbocycles. The van der Waals surface area contributed by atoms with Crippen molar-refractivity contribution < 1.29 is 27.5 Å². The van der Waals surface area contributed by atoms with E-state index >= 15 is 0 Å². The highest BCUT2D eigenvalue weighted by molar-refractivity contribution is 7.08. The number of anilines is 2. The fraction of sp³-hybridized carbons (Fsp3) is 0.100. The molecule has 1 heterocycles. The van der Waals surface area contributed by atoms with Crippen molar-refractivity contribution in [1.29, 1.82) is 0 Å². The predicted octanol–water partition coefficient (Wildman–Crippen LogP) is 5.19. The normalized spacial score (nSPS) is 11.0. The SMILES string of the molecule is O=C(Nc1ccccc1C(=O)Nc1ccc(OCC(F)(F)F)cc1)c1ccsc1. The summed E-state index contributed by atoms with van der Waals surface area (Å²) in [5.74, 6) is -0.781. The second kappa shape index (κ2) is 8.78. The van der Waals surface area contributed by atoms with E-state index in [-0.39, 0.29) is 17.2 Å². The average Bonchev–Trinajstić information content (AvgIpc) is 3.22. The third-order valence-electron chi connectivity index (χ3n) is 3.72. The van der Waals surface area contributed by atoms with Gasteiger partial charge in [0.15, 0.2) is 6.61 Å². The van der Waals surface area contributed by atoms with Crippen molar-refractivity contribution in [3.8, 4) is 5.75 Å². The Morgan fingerprint density at radius 1 is 0.931 bits per heavy atom. The van der Waals surface area contributed by atoms with Gasteiger partial charge in [-0.25, -0.2) is 0 Å². The molecule has 0 aliphatic rings. The third kappa shape index (κ3) is 5.82. The minimum Gasteiger partial charge on any atom is -0.484 e. The Labute approximate surface area is 168 Å². The van der Waals surface area contributed by atoms with Crippen molar-refractivity contribution in [3.63, 3.8) is 0 Å². The van der Waals surface area contributed by atoms with E-state index in [0.29, 0.717) is 16.9 Å². The predicted molar refractivity (Wildman–Crippen MR) is 105 cm³/mol. The van der Waals surface area contributed by atoms with Crippen molar-refractivity contribution in [2.24, 2.45) is 0 Å². The Kier molecular flexibility index (Phi) is 6.18. The molecule has 2 aromatic carbocycles. The van der Waals surface area contributed by atoms with Crippen LogP contribution in [0.1, 0.15) is 20.7 Å². The molecule has 0 fully saturated rings. The number of hydrogen-bond acceptors (Lipinski definition) is 4. The van der Waals surface area contributed by atoms with E-state index in [4.69, 9.17) is 0 Å². The summed E-state index contributed by atoms with van der Waals surface area (Å²) in [7, 11) is 0. The van der Waals surface area contributed by atoms with E-state index < -0.39 is 18.7 Å². The van der Waals surface area contributed by atoms with Crippen molar-refractivity contribution in [1.82, 2.24) is 0 Å². The lowest BCUT2D eigenvalue weighted by Gasteiger charge is -2.12. The number of hydrogen-bond donors (Lipinski definition) is 2. The molecule has 150 valence electrons. The highest BCUT2D eigenvalue weighted by Gasteiger charge is 2.28.